The number of amides is 1. The number of nitrogens with zero attached hydrogens (tertiary/aromatic N) is 1. The molecule has 11 heteroatoms. The van der Waals surface area contributed by atoms with Gasteiger partial charge in [0, 0.05) is 28.0 Å². The van der Waals surface area contributed by atoms with Gasteiger partial charge in [-0.25, -0.2) is 0 Å². The summed E-state index contributed by atoms with van der Waals surface area (Å²) in [5.41, 5.74) is -1.10. The van der Waals surface area contributed by atoms with E-state index in [0.29, 0.717) is 0 Å². The normalized spacial score (nSPS) is 33.7. The van der Waals surface area contributed by atoms with Gasteiger partial charge < -0.3 is 31.3 Å². The number of fused-ring (bicyclic) bond motifs is 3. The minimum Gasteiger partial charge on any atom is -0.508 e. The Balaban J connectivity index is 2.07. The topological polar surface area (TPSA) is 182 Å². The summed E-state index contributed by atoms with van der Waals surface area (Å²) in [7, 11) is 2.97. The first-order valence-corrected chi connectivity index (χ1v) is 10.5. The fraction of sp³-hybridized carbons (Fsp3) is 0.409. The first-order valence-electron chi connectivity index (χ1n) is 10.1. The van der Waals surface area contributed by atoms with Gasteiger partial charge in [0.1, 0.15) is 22.8 Å². The first-order chi connectivity index (χ1) is 15.2. The van der Waals surface area contributed by atoms with Gasteiger partial charge in [-0.3, -0.25) is 19.3 Å². The third kappa shape index (κ3) is 2.75. The summed E-state index contributed by atoms with van der Waals surface area (Å²) in [6.07, 6.45) is -0.259. The van der Waals surface area contributed by atoms with Crippen LogP contribution in [0.2, 0.25) is 5.02 Å². The van der Waals surface area contributed by atoms with Gasteiger partial charge >= 0.3 is 0 Å². The summed E-state index contributed by atoms with van der Waals surface area (Å²) in [6, 6.07) is 1.24. The fourth-order valence-corrected chi connectivity index (χ4v) is 5.93. The molecule has 1 amide bonds. The lowest BCUT2D eigenvalue weighted by molar-refractivity contribution is -0.159. The minimum atomic E-state index is -2.78. The number of rotatable bonds is 2. The van der Waals surface area contributed by atoms with Gasteiger partial charge in [-0.1, -0.05) is 11.6 Å². The lowest BCUT2D eigenvalue weighted by Gasteiger charge is -2.53. The second kappa shape index (κ2) is 7.04. The molecule has 0 aromatic heterocycles. The van der Waals surface area contributed by atoms with E-state index in [1.165, 1.54) is 38.1 Å². The van der Waals surface area contributed by atoms with Crippen molar-refractivity contribution in [2.24, 2.45) is 17.6 Å². The number of primary amides is 1. The van der Waals surface area contributed by atoms with Crippen molar-refractivity contribution in [1.29, 1.82) is 0 Å². The number of likely N-dealkylation sites (N-methyl/N-ethyl adjacent to an activating group) is 1. The lowest BCUT2D eigenvalue weighted by Crippen LogP contribution is -2.67. The number of phenolic OH excluding ortho intramolecular Hbond substituents is 1. The van der Waals surface area contributed by atoms with E-state index < -0.39 is 75.0 Å². The molecule has 176 valence electrons. The number of phenols is 1. The molecule has 5 atom stereocenters. The van der Waals surface area contributed by atoms with Crippen molar-refractivity contribution in [3.63, 3.8) is 0 Å². The van der Waals surface area contributed by atoms with E-state index in [1.54, 1.807) is 0 Å². The van der Waals surface area contributed by atoms with Gasteiger partial charge in [0.25, 0.3) is 5.91 Å². The molecule has 1 aromatic carbocycles. The standard InChI is InChI=1S/C22H23ClN2O8/c1-21(32)7-6-8-15(25(2)3)17(28)13(20(24)31)19(30)22(8,33)18(29)11(7)16(27)12-10(26)5-4-9(23)14(12)21/h4-5,7-8,15,26-27,30,32-33H,6H2,1-3H3,(H2,24,31)/t7-,8+,15-,21-,22-/m0/s1. The molecule has 0 unspecified atom stereocenters. The summed E-state index contributed by atoms with van der Waals surface area (Å²) in [5.74, 6) is -8.30. The van der Waals surface area contributed by atoms with E-state index in [9.17, 15) is 39.9 Å². The molecular formula is C22H23ClN2O8. The Morgan fingerprint density at radius 3 is 2.33 bits per heavy atom. The third-order valence-corrected chi connectivity index (χ3v) is 7.39. The molecule has 0 heterocycles. The number of Topliss-reactive ketones (excluding diaryl/α,β-unsaturated/α-hetero) is 2. The van der Waals surface area contributed by atoms with Crippen LogP contribution in [0.25, 0.3) is 5.76 Å². The molecule has 1 fully saturated rings. The number of halogens is 1. The number of hydrogen-bond acceptors (Lipinski definition) is 9. The van der Waals surface area contributed by atoms with Crippen molar-refractivity contribution in [1.82, 2.24) is 4.90 Å². The molecule has 7 N–H and O–H groups in total. The highest BCUT2D eigenvalue weighted by molar-refractivity contribution is 6.32. The predicted molar refractivity (Wildman–Crippen MR) is 115 cm³/mol. The largest absolute Gasteiger partial charge is 0.508 e. The molecular weight excluding hydrogens is 456 g/mol. The lowest BCUT2D eigenvalue weighted by atomic mass is 9.54. The summed E-state index contributed by atoms with van der Waals surface area (Å²) >= 11 is 6.28. The zero-order valence-corrected chi connectivity index (χ0v) is 18.7. The predicted octanol–water partition coefficient (Wildman–Crippen LogP) is 0.282. The van der Waals surface area contributed by atoms with E-state index in [-0.39, 0.29) is 22.6 Å². The van der Waals surface area contributed by atoms with Crippen molar-refractivity contribution in [2.75, 3.05) is 14.1 Å². The third-order valence-electron chi connectivity index (χ3n) is 7.07. The number of benzene rings is 1. The highest BCUT2D eigenvalue weighted by atomic mass is 35.5. The molecule has 0 radical (unpaired) electrons. The molecule has 0 saturated heterocycles. The summed E-state index contributed by atoms with van der Waals surface area (Å²) in [5, 5.41) is 55.2. The number of aliphatic hydroxyl groups excluding tert-OH is 2. The minimum absolute atomic E-state index is 0.0187. The van der Waals surface area contributed by atoms with Crippen LogP contribution in [0, 0.1) is 11.8 Å². The Hall–Kier alpha value is -2.92. The molecule has 1 aromatic rings. The molecule has 0 aliphatic heterocycles. The van der Waals surface area contributed by atoms with Crippen LogP contribution in [-0.4, -0.2) is 73.6 Å². The molecule has 0 spiro atoms. The van der Waals surface area contributed by atoms with Gasteiger partial charge in [0.2, 0.25) is 5.78 Å². The second-order valence-electron chi connectivity index (χ2n) is 9.08. The summed E-state index contributed by atoms with van der Waals surface area (Å²) in [6.45, 7) is 1.34. The molecule has 10 nitrogen and oxygen atoms in total. The Labute approximate surface area is 193 Å². The van der Waals surface area contributed by atoms with Gasteiger partial charge in [-0.15, -0.1) is 0 Å². The Bertz CT molecular complexity index is 1200. The van der Waals surface area contributed by atoms with Crippen LogP contribution >= 0.6 is 11.6 Å². The van der Waals surface area contributed by atoms with Crippen molar-refractivity contribution >= 4 is 34.8 Å². The van der Waals surface area contributed by atoms with Gasteiger partial charge in [0.05, 0.1) is 17.2 Å². The number of aromatic hydroxyl groups is 1. The SMILES string of the molecule is CN(C)[C@@H]1C(=O)C(C(N)=O)=C(O)[C@@]2(O)C(=O)C3=C(O)c4c(O)ccc(Cl)c4[C@@](C)(O)[C@H]3C[C@H]12. The van der Waals surface area contributed by atoms with Gasteiger partial charge in [-0.2, -0.15) is 0 Å². The van der Waals surface area contributed by atoms with E-state index in [4.69, 9.17) is 17.3 Å². The van der Waals surface area contributed by atoms with Crippen molar-refractivity contribution in [3.05, 3.63) is 45.2 Å². The Morgan fingerprint density at radius 2 is 1.79 bits per heavy atom. The van der Waals surface area contributed by atoms with Crippen LogP contribution in [0.15, 0.2) is 29.0 Å². The van der Waals surface area contributed by atoms with Crippen LogP contribution < -0.4 is 5.73 Å². The van der Waals surface area contributed by atoms with E-state index >= 15 is 0 Å². The van der Waals surface area contributed by atoms with E-state index in [1.807, 2.05) is 0 Å². The zero-order chi connectivity index (χ0) is 24.8. The van der Waals surface area contributed by atoms with Crippen LogP contribution in [0.5, 0.6) is 5.75 Å². The maximum Gasteiger partial charge on any atom is 0.255 e. The highest BCUT2D eigenvalue weighted by Gasteiger charge is 2.66. The number of hydrogen-bond donors (Lipinski definition) is 6. The second-order valence-corrected chi connectivity index (χ2v) is 9.48. The molecule has 33 heavy (non-hydrogen) atoms. The Morgan fingerprint density at radius 1 is 1.18 bits per heavy atom. The fourth-order valence-electron chi connectivity index (χ4n) is 5.58. The van der Waals surface area contributed by atoms with Gasteiger partial charge in [-0.05, 0) is 39.6 Å². The average Bonchev–Trinajstić information content (AvgIpc) is 2.69. The van der Waals surface area contributed by atoms with Crippen LogP contribution in [0.4, 0.5) is 0 Å². The van der Waals surface area contributed by atoms with Crippen LogP contribution in [0.3, 0.4) is 0 Å². The zero-order valence-electron chi connectivity index (χ0n) is 18.0. The molecule has 3 aliphatic carbocycles. The highest BCUT2D eigenvalue weighted by Crippen LogP contribution is 2.58. The Kier molecular flexibility index (Phi) is 4.96. The first kappa shape index (κ1) is 23.2. The summed E-state index contributed by atoms with van der Waals surface area (Å²) < 4.78 is 0. The quantitative estimate of drug-likeness (QED) is 0.325. The smallest absolute Gasteiger partial charge is 0.255 e. The molecule has 4 rings (SSSR count). The molecule has 0 bridgehead atoms. The van der Waals surface area contributed by atoms with Crippen molar-refractivity contribution in [3.8, 4) is 5.75 Å². The maximum atomic E-state index is 13.7. The monoisotopic (exact) mass is 478 g/mol. The number of nitrogens with two attached hydrogens (primary N) is 1. The van der Waals surface area contributed by atoms with Gasteiger partial charge in [0.15, 0.2) is 11.4 Å². The number of carbonyl (C=O) groups is 3. The number of aliphatic hydroxyl groups is 4. The number of ketones is 2. The average molecular weight is 479 g/mol. The van der Waals surface area contributed by atoms with E-state index in [0.717, 1.165) is 0 Å². The summed E-state index contributed by atoms with van der Waals surface area (Å²) in [4.78, 5) is 40.1. The number of carbonyl (C=O) groups excluding carboxylic acids is 3. The van der Waals surface area contributed by atoms with E-state index in [2.05, 4.69) is 0 Å². The van der Waals surface area contributed by atoms with Crippen LogP contribution in [0.1, 0.15) is 24.5 Å². The maximum absolute atomic E-state index is 13.7. The van der Waals surface area contributed by atoms with Crippen LogP contribution in [-0.2, 0) is 20.0 Å². The molecule has 3 aliphatic rings. The molecule has 1 saturated carbocycles. The van der Waals surface area contributed by atoms with Crippen molar-refractivity contribution in [2.45, 2.75) is 30.6 Å². The van der Waals surface area contributed by atoms with Crippen molar-refractivity contribution < 1.29 is 39.9 Å².